The molecule has 1 aromatic rings. The van der Waals surface area contributed by atoms with Crippen LogP contribution < -0.4 is 10.1 Å². The summed E-state index contributed by atoms with van der Waals surface area (Å²) in [5.41, 5.74) is 1.18. The first-order chi connectivity index (χ1) is 7.29. The second-order valence-corrected chi connectivity index (χ2v) is 4.37. The third-order valence-electron chi connectivity index (χ3n) is 2.72. The molecule has 0 aromatic heterocycles. The van der Waals surface area contributed by atoms with Gasteiger partial charge in [-0.15, -0.1) is 0 Å². The summed E-state index contributed by atoms with van der Waals surface area (Å²) < 4.78 is 5.76. The van der Waals surface area contributed by atoms with Crippen molar-refractivity contribution in [1.29, 1.82) is 0 Å². The van der Waals surface area contributed by atoms with Gasteiger partial charge in [-0.25, -0.2) is 0 Å². The van der Waals surface area contributed by atoms with E-state index >= 15 is 0 Å². The SMILES string of the molecule is CNCc1ccc(OC2CCC2)c(Cl)c1. The number of hydrogen-bond donors (Lipinski definition) is 1. The lowest BCUT2D eigenvalue weighted by Gasteiger charge is -2.26. The molecule has 0 heterocycles. The van der Waals surface area contributed by atoms with E-state index in [0.29, 0.717) is 6.10 Å². The summed E-state index contributed by atoms with van der Waals surface area (Å²) in [6, 6.07) is 5.98. The molecule has 2 rings (SSSR count). The van der Waals surface area contributed by atoms with Gasteiger partial charge >= 0.3 is 0 Å². The predicted octanol–water partition coefficient (Wildman–Crippen LogP) is 2.99. The van der Waals surface area contributed by atoms with E-state index in [9.17, 15) is 0 Å². The van der Waals surface area contributed by atoms with Gasteiger partial charge < -0.3 is 10.1 Å². The van der Waals surface area contributed by atoms with Crippen LogP contribution in [0.15, 0.2) is 18.2 Å². The minimum Gasteiger partial charge on any atom is -0.489 e. The summed E-state index contributed by atoms with van der Waals surface area (Å²) in [7, 11) is 1.92. The summed E-state index contributed by atoms with van der Waals surface area (Å²) >= 11 is 6.14. The maximum atomic E-state index is 6.14. The molecule has 1 aromatic carbocycles. The van der Waals surface area contributed by atoms with Gasteiger partial charge in [-0.2, -0.15) is 0 Å². The zero-order valence-electron chi connectivity index (χ0n) is 8.92. The highest BCUT2D eigenvalue weighted by atomic mass is 35.5. The molecule has 3 heteroatoms. The number of nitrogens with one attached hydrogen (secondary N) is 1. The molecule has 1 aliphatic carbocycles. The van der Waals surface area contributed by atoms with Crippen LogP contribution in [0.25, 0.3) is 0 Å². The first-order valence-electron chi connectivity index (χ1n) is 5.39. The van der Waals surface area contributed by atoms with Crippen molar-refractivity contribution >= 4 is 11.6 Å². The van der Waals surface area contributed by atoms with E-state index in [4.69, 9.17) is 16.3 Å². The van der Waals surface area contributed by atoms with Crippen LogP contribution in [-0.2, 0) is 6.54 Å². The molecule has 0 radical (unpaired) electrons. The van der Waals surface area contributed by atoms with E-state index in [1.165, 1.54) is 12.0 Å². The van der Waals surface area contributed by atoms with Crippen LogP contribution in [0.2, 0.25) is 5.02 Å². The lowest BCUT2D eigenvalue weighted by atomic mass is 9.96. The fraction of sp³-hybridized carbons (Fsp3) is 0.500. The Morgan fingerprint density at radius 2 is 2.27 bits per heavy atom. The molecule has 0 spiro atoms. The van der Waals surface area contributed by atoms with Gasteiger partial charge in [-0.3, -0.25) is 0 Å². The second-order valence-electron chi connectivity index (χ2n) is 3.97. The Kier molecular flexibility index (Phi) is 3.49. The molecule has 0 saturated heterocycles. The Morgan fingerprint density at radius 3 is 2.80 bits per heavy atom. The summed E-state index contributed by atoms with van der Waals surface area (Å²) in [5, 5.41) is 3.81. The van der Waals surface area contributed by atoms with Gasteiger partial charge in [0.15, 0.2) is 0 Å². The van der Waals surface area contributed by atoms with Crippen LogP contribution in [0, 0.1) is 0 Å². The minimum absolute atomic E-state index is 0.387. The molecule has 1 saturated carbocycles. The zero-order valence-corrected chi connectivity index (χ0v) is 9.68. The number of benzene rings is 1. The van der Waals surface area contributed by atoms with Crippen molar-refractivity contribution in [3.63, 3.8) is 0 Å². The van der Waals surface area contributed by atoms with Gasteiger partial charge in [-0.1, -0.05) is 17.7 Å². The van der Waals surface area contributed by atoms with Gasteiger partial charge in [0.1, 0.15) is 5.75 Å². The van der Waals surface area contributed by atoms with Crippen LogP contribution in [0.5, 0.6) is 5.75 Å². The Balaban J connectivity index is 2.04. The van der Waals surface area contributed by atoms with Crippen molar-refractivity contribution in [2.45, 2.75) is 31.9 Å². The summed E-state index contributed by atoms with van der Waals surface area (Å²) in [4.78, 5) is 0. The van der Waals surface area contributed by atoms with Crippen molar-refractivity contribution in [2.24, 2.45) is 0 Å². The third-order valence-corrected chi connectivity index (χ3v) is 3.02. The number of ether oxygens (including phenoxy) is 1. The fourth-order valence-corrected chi connectivity index (χ4v) is 1.87. The maximum Gasteiger partial charge on any atom is 0.138 e. The van der Waals surface area contributed by atoms with E-state index in [-0.39, 0.29) is 0 Å². The summed E-state index contributed by atoms with van der Waals surface area (Å²) in [5.74, 6) is 0.821. The lowest BCUT2D eigenvalue weighted by molar-refractivity contribution is 0.120. The van der Waals surface area contributed by atoms with Gasteiger partial charge in [0.2, 0.25) is 0 Å². The molecule has 1 N–H and O–H groups in total. The smallest absolute Gasteiger partial charge is 0.138 e. The standard InChI is InChI=1S/C12H16ClNO/c1-14-8-9-5-6-12(11(13)7-9)15-10-3-2-4-10/h5-7,10,14H,2-4,8H2,1H3. The third kappa shape index (κ3) is 2.64. The van der Waals surface area contributed by atoms with Gasteiger partial charge in [0, 0.05) is 6.54 Å². The number of halogens is 1. The van der Waals surface area contributed by atoms with Crippen molar-refractivity contribution < 1.29 is 4.74 Å². The first kappa shape index (κ1) is 10.8. The van der Waals surface area contributed by atoms with Crippen molar-refractivity contribution in [3.05, 3.63) is 28.8 Å². The predicted molar refractivity (Wildman–Crippen MR) is 62.5 cm³/mol. The average Bonchev–Trinajstić information content (AvgIpc) is 2.14. The monoisotopic (exact) mass is 225 g/mol. The molecule has 0 unspecified atom stereocenters. The number of hydrogen-bond acceptors (Lipinski definition) is 2. The van der Waals surface area contributed by atoms with Crippen LogP contribution in [0.1, 0.15) is 24.8 Å². The quantitative estimate of drug-likeness (QED) is 0.851. The summed E-state index contributed by atoms with van der Waals surface area (Å²) in [6.45, 7) is 0.837. The van der Waals surface area contributed by atoms with Crippen molar-refractivity contribution in [2.75, 3.05) is 7.05 Å². The normalized spacial score (nSPS) is 16.1. The van der Waals surface area contributed by atoms with Gasteiger partial charge in [-0.05, 0) is 44.0 Å². The fourth-order valence-electron chi connectivity index (χ4n) is 1.62. The van der Waals surface area contributed by atoms with Crippen molar-refractivity contribution in [3.8, 4) is 5.75 Å². The molecule has 2 nitrogen and oxygen atoms in total. The Morgan fingerprint density at radius 1 is 1.47 bits per heavy atom. The maximum absolute atomic E-state index is 6.14. The first-order valence-corrected chi connectivity index (χ1v) is 5.77. The molecule has 0 atom stereocenters. The molecule has 1 aliphatic rings. The van der Waals surface area contributed by atoms with Crippen molar-refractivity contribution in [1.82, 2.24) is 5.32 Å². The van der Waals surface area contributed by atoms with E-state index < -0.39 is 0 Å². The molecule has 82 valence electrons. The highest BCUT2D eigenvalue weighted by Gasteiger charge is 2.19. The molecule has 0 bridgehead atoms. The van der Waals surface area contributed by atoms with E-state index in [2.05, 4.69) is 11.4 Å². The van der Waals surface area contributed by atoms with Crippen LogP contribution in [-0.4, -0.2) is 13.2 Å². The Hall–Kier alpha value is -0.730. The molecule has 1 fully saturated rings. The van der Waals surface area contributed by atoms with Crippen LogP contribution >= 0.6 is 11.6 Å². The average molecular weight is 226 g/mol. The van der Waals surface area contributed by atoms with Gasteiger partial charge in [0.05, 0.1) is 11.1 Å². The topological polar surface area (TPSA) is 21.3 Å². The number of rotatable bonds is 4. The van der Waals surface area contributed by atoms with E-state index in [0.717, 1.165) is 30.2 Å². The Labute approximate surface area is 95.6 Å². The molecule has 15 heavy (non-hydrogen) atoms. The molecule has 0 aliphatic heterocycles. The highest BCUT2D eigenvalue weighted by molar-refractivity contribution is 6.32. The Bertz CT molecular complexity index is 336. The van der Waals surface area contributed by atoms with E-state index in [1.54, 1.807) is 0 Å². The largest absolute Gasteiger partial charge is 0.489 e. The molecular weight excluding hydrogens is 210 g/mol. The van der Waals surface area contributed by atoms with E-state index in [1.807, 2.05) is 19.2 Å². The van der Waals surface area contributed by atoms with Crippen LogP contribution in [0.3, 0.4) is 0 Å². The molecule has 0 amide bonds. The summed E-state index contributed by atoms with van der Waals surface area (Å²) in [6.07, 6.45) is 3.99. The van der Waals surface area contributed by atoms with Gasteiger partial charge in [0.25, 0.3) is 0 Å². The highest BCUT2D eigenvalue weighted by Crippen LogP contribution is 2.31. The minimum atomic E-state index is 0.387. The second kappa shape index (κ2) is 4.86. The lowest BCUT2D eigenvalue weighted by Crippen LogP contribution is -2.24. The molecular formula is C12H16ClNO. The van der Waals surface area contributed by atoms with Crippen LogP contribution in [0.4, 0.5) is 0 Å². The zero-order chi connectivity index (χ0) is 10.7.